The second-order valence-corrected chi connectivity index (χ2v) is 13.9. The van der Waals surface area contributed by atoms with E-state index in [0.29, 0.717) is 11.1 Å². The topological polar surface area (TPSA) is 60.1 Å². The minimum Gasteiger partial charge on any atom is -0.310 e. The van der Waals surface area contributed by atoms with Gasteiger partial charge in [-0.3, -0.25) is 0 Å². The number of hydrogen-bond acceptors (Lipinski definition) is 3. The second-order valence-electron chi connectivity index (χ2n) is 13.9. The molecule has 0 fully saturated rings. The van der Waals surface area contributed by atoms with Crippen molar-refractivity contribution in [1.29, 1.82) is 10.5 Å². The first-order chi connectivity index (χ1) is 25.9. The summed E-state index contributed by atoms with van der Waals surface area (Å²) in [5.41, 5.74) is 12.7. The van der Waals surface area contributed by atoms with Gasteiger partial charge in [0.1, 0.15) is 0 Å². The molecule has 2 heterocycles. The maximum absolute atomic E-state index is 10.3. The highest BCUT2D eigenvalue weighted by molar-refractivity contribution is 6.09. The molecule has 1 aliphatic heterocycles. The number of nitrogens with zero attached hydrogens (tertiary/aromatic N) is 5. The molecule has 53 heavy (non-hydrogen) atoms. The fourth-order valence-electron chi connectivity index (χ4n) is 8.21. The van der Waals surface area contributed by atoms with Crippen LogP contribution in [-0.4, -0.2) is 4.57 Å². The molecular weight excluding hydrogens is 647 g/mol. The van der Waals surface area contributed by atoms with Gasteiger partial charge in [-0.15, -0.1) is 0 Å². The molecule has 0 unspecified atom stereocenters. The number of benzene rings is 7. The number of para-hydroxylation sites is 4. The normalized spacial score (nSPS) is 12.8. The van der Waals surface area contributed by atoms with Crippen LogP contribution in [0.3, 0.4) is 0 Å². The molecule has 5 heteroatoms. The lowest BCUT2D eigenvalue weighted by molar-refractivity contribution is 0.632. The van der Waals surface area contributed by atoms with Crippen LogP contribution in [0.1, 0.15) is 36.1 Å². The van der Waals surface area contributed by atoms with E-state index in [2.05, 4.69) is 162 Å². The van der Waals surface area contributed by atoms with Crippen molar-refractivity contribution in [2.45, 2.75) is 19.3 Å². The first-order valence-corrected chi connectivity index (χ1v) is 17.5. The highest BCUT2D eigenvalue weighted by Crippen LogP contribution is 2.52. The van der Waals surface area contributed by atoms with Crippen molar-refractivity contribution in [3.63, 3.8) is 0 Å². The fourth-order valence-corrected chi connectivity index (χ4v) is 8.21. The molecule has 0 bridgehead atoms. The number of nitriles is 2. The Bertz CT molecular complexity index is 2820. The first-order valence-electron chi connectivity index (χ1n) is 17.5. The van der Waals surface area contributed by atoms with Crippen LogP contribution in [0.2, 0.25) is 0 Å². The third-order valence-electron chi connectivity index (χ3n) is 10.7. The number of rotatable bonds is 4. The Morgan fingerprint density at radius 3 is 1.68 bits per heavy atom. The number of aromatic nitrogens is 1. The largest absolute Gasteiger partial charge is 0.310 e. The quantitative estimate of drug-likeness (QED) is 0.174. The molecule has 1 aliphatic rings. The van der Waals surface area contributed by atoms with Crippen molar-refractivity contribution in [3.05, 3.63) is 185 Å². The van der Waals surface area contributed by atoms with E-state index in [-0.39, 0.29) is 16.7 Å². The van der Waals surface area contributed by atoms with E-state index in [4.69, 9.17) is 6.57 Å². The number of fused-ring (bicyclic) bond motifs is 5. The average Bonchev–Trinajstić information content (AvgIpc) is 3.55. The summed E-state index contributed by atoms with van der Waals surface area (Å²) in [6.07, 6.45) is 0. The van der Waals surface area contributed by atoms with Crippen LogP contribution in [0.5, 0.6) is 0 Å². The predicted molar refractivity (Wildman–Crippen MR) is 214 cm³/mol. The maximum Gasteiger partial charge on any atom is 0.205 e. The Hall–Kier alpha value is -7.39. The molecule has 0 aliphatic carbocycles. The first kappa shape index (κ1) is 31.6. The maximum atomic E-state index is 10.3. The van der Waals surface area contributed by atoms with Crippen molar-refractivity contribution in [2.24, 2.45) is 0 Å². The predicted octanol–water partition coefficient (Wildman–Crippen LogP) is 12.5. The van der Waals surface area contributed by atoms with Gasteiger partial charge in [-0.1, -0.05) is 111 Å². The smallest absolute Gasteiger partial charge is 0.205 e. The molecule has 0 radical (unpaired) electrons. The van der Waals surface area contributed by atoms with Gasteiger partial charge in [-0.25, -0.2) is 4.85 Å². The van der Waals surface area contributed by atoms with E-state index >= 15 is 0 Å². The lowest BCUT2D eigenvalue weighted by Gasteiger charge is -2.42. The zero-order chi connectivity index (χ0) is 36.3. The van der Waals surface area contributed by atoms with Crippen molar-refractivity contribution in [1.82, 2.24) is 4.57 Å². The minimum absolute atomic E-state index is 0.172. The van der Waals surface area contributed by atoms with Crippen LogP contribution in [0.25, 0.3) is 54.6 Å². The van der Waals surface area contributed by atoms with Crippen LogP contribution in [0.4, 0.5) is 22.7 Å². The summed E-state index contributed by atoms with van der Waals surface area (Å²) in [6, 6.07) is 56.8. The second kappa shape index (κ2) is 12.1. The summed E-state index contributed by atoms with van der Waals surface area (Å²) in [5.74, 6) is 0. The highest BCUT2D eigenvalue weighted by atomic mass is 15.2. The molecule has 5 nitrogen and oxygen atoms in total. The Balaban J connectivity index is 1.38. The number of anilines is 3. The lowest BCUT2D eigenvalue weighted by atomic mass is 9.73. The molecule has 1 aromatic heterocycles. The summed E-state index contributed by atoms with van der Waals surface area (Å²) in [7, 11) is 0. The van der Waals surface area contributed by atoms with Crippen molar-refractivity contribution < 1.29 is 0 Å². The monoisotopic (exact) mass is 677 g/mol. The van der Waals surface area contributed by atoms with Crippen molar-refractivity contribution in [2.75, 3.05) is 4.90 Å². The lowest BCUT2D eigenvalue weighted by Crippen LogP contribution is -2.30. The van der Waals surface area contributed by atoms with Crippen molar-refractivity contribution in [3.8, 4) is 40.1 Å². The van der Waals surface area contributed by atoms with Crippen LogP contribution in [-0.2, 0) is 5.41 Å². The van der Waals surface area contributed by atoms with Gasteiger partial charge in [-0.05, 0) is 88.0 Å². The van der Waals surface area contributed by atoms with Gasteiger partial charge in [0.25, 0.3) is 0 Å². The van der Waals surface area contributed by atoms with Gasteiger partial charge in [-0.2, -0.15) is 10.5 Å². The van der Waals surface area contributed by atoms with Crippen molar-refractivity contribution >= 4 is 44.6 Å². The average molecular weight is 678 g/mol. The summed E-state index contributed by atoms with van der Waals surface area (Å²) >= 11 is 0. The molecule has 0 saturated carbocycles. The molecular formula is C48H31N5. The Morgan fingerprint density at radius 1 is 0.547 bits per heavy atom. The third-order valence-corrected chi connectivity index (χ3v) is 10.7. The molecule has 0 atom stereocenters. The summed E-state index contributed by atoms with van der Waals surface area (Å²) in [5, 5.41) is 22.6. The Morgan fingerprint density at radius 2 is 1.08 bits per heavy atom. The van der Waals surface area contributed by atoms with Gasteiger partial charge < -0.3 is 9.47 Å². The fraction of sp³-hybridized carbons (Fsp3) is 0.0625. The van der Waals surface area contributed by atoms with Crippen LogP contribution in [0, 0.1) is 29.2 Å². The van der Waals surface area contributed by atoms with E-state index in [0.717, 1.165) is 50.5 Å². The third kappa shape index (κ3) is 4.82. The molecule has 9 rings (SSSR count). The zero-order valence-corrected chi connectivity index (χ0v) is 29.2. The van der Waals surface area contributed by atoms with Gasteiger partial charge in [0, 0.05) is 33.1 Å². The molecule has 0 saturated heterocycles. The molecule has 0 spiro atoms. The zero-order valence-electron chi connectivity index (χ0n) is 29.2. The van der Waals surface area contributed by atoms with E-state index in [1.54, 1.807) is 6.07 Å². The van der Waals surface area contributed by atoms with E-state index in [1.807, 2.05) is 18.2 Å². The van der Waals surface area contributed by atoms with Gasteiger partial charge in [0.2, 0.25) is 5.69 Å². The number of hydrogen-bond donors (Lipinski definition) is 0. The van der Waals surface area contributed by atoms with Crippen LogP contribution < -0.4 is 4.90 Å². The van der Waals surface area contributed by atoms with Crippen LogP contribution in [0.15, 0.2) is 152 Å². The Kier molecular flexibility index (Phi) is 7.23. The van der Waals surface area contributed by atoms with Gasteiger partial charge in [0.05, 0.1) is 46.7 Å². The minimum atomic E-state index is -0.215. The van der Waals surface area contributed by atoms with E-state index < -0.39 is 0 Å². The highest BCUT2D eigenvalue weighted by Gasteiger charge is 2.36. The van der Waals surface area contributed by atoms with E-state index in [1.165, 1.54) is 28.0 Å². The van der Waals surface area contributed by atoms with E-state index in [9.17, 15) is 10.5 Å². The molecule has 248 valence electrons. The molecule has 0 amide bonds. The summed E-state index contributed by atoms with van der Waals surface area (Å²) < 4.78 is 2.34. The molecule has 8 aromatic rings. The molecule has 7 aromatic carbocycles. The molecule has 0 N–H and O–H groups in total. The summed E-state index contributed by atoms with van der Waals surface area (Å²) in [6.45, 7) is 12.2. The SMILES string of the molecule is [C-]#[N+]c1cc(C#N)c(-c2ccccc2-c2cc(N3c4ccccc4C(C)(C)c4ccccc43)cc(-n3c4ccccc4c4ccccc43)c2)cc1C#N. The summed E-state index contributed by atoms with van der Waals surface area (Å²) in [4.78, 5) is 5.91. The standard InChI is InChI=1S/C48H31N5/c1-48(2)41-18-8-12-22-46(41)53(47-23-13-9-19-42(47)48)35-25-31(24-34(28-35)52-44-20-10-6-16-38(44)39-17-7-11-21-45(39)52)36-14-4-5-15-37(36)40-26-33(30-50)43(51-3)27-32(40)29-49/h4-28H,1-2H3. The Labute approximate surface area is 308 Å². The van der Waals surface area contributed by atoms with Gasteiger partial charge in [0.15, 0.2) is 0 Å². The van der Waals surface area contributed by atoms with Crippen LogP contribution >= 0.6 is 0 Å². The van der Waals surface area contributed by atoms with Gasteiger partial charge >= 0.3 is 0 Å².